The van der Waals surface area contributed by atoms with Crippen LogP contribution in [0.1, 0.15) is 25.0 Å². The molecule has 54 heavy (non-hydrogen) atoms. The number of para-hydroxylation sites is 1. The molecule has 0 aliphatic heterocycles. The molecule has 0 N–H and O–H groups in total. The number of nitrogens with zero attached hydrogens (tertiary/aromatic N) is 5. The summed E-state index contributed by atoms with van der Waals surface area (Å²) in [4.78, 5) is 20.5. The van der Waals surface area contributed by atoms with E-state index in [2.05, 4.69) is 170 Å². The lowest BCUT2D eigenvalue weighted by molar-refractivity contribution is 0.660. The zero-order valence-corrected chi connectivity index (χ0v) is 29.8. The monoisotopic (exact) mass is 691 g/mol. The van der Waals surface area contributed by atoms with E-state index in [4.69, 9.17) is 19.9 Å². The van der Waals surface area contributed by atoms with Crippen LogP contribution in [-0.4, -0.2) is 24.5 Å². The lowest BCUT2D eigenvalue weighted by Crippen LogP contribution is -2.17. The molecular formula is C49H33N5. The molecule has 0 fully saturated rings. The Hall–Kier alpha value is -6.98. The predicted octanol–water partition coefficient (Wildman–Crippen LogP) is 12.0. The average Bonchev–Trinajstić information content (AvgIpc) is 3.68. The van der Waals surface area contributed by atoms with E-state index in [1.807, 2.05) is 12.3 Å². The molecule has 0 unspecified atom stereocenters. The maximum Gasteiger partial charge on any atom is 0.164 e. The predicted molar refractivity (Wildman–Crippen MR) is 221 cm³/mol. The average molecular weight is 692 g/mol. The summed E-state index contributed by atoms with van der Waals surface area (Å²) in [6, 6.07) is 55.9. The van der Waals surface area contributed by atoms with Crippen molar-refractivity contribution >= 4 is 43.5 Å². The summed E-state index contributed by atoms with van der Waals surface area (Å²) >= 11 is 0. The molecule has 1 aliphatic rings. The van der Waals surface area contributed by atoms with E-state index >= 15 is 0 Å². The van der Waals surface area contributed by atoms with Gasteiger partial charge in [-0.2, -0.15) is 0 Å². The van der Waals surface area contributed by atoms with Crippen LogP contribution < -0.4 is 0 Å². The molecule has 0 saturated carbocycles. The van der Waals surface area contributed by atoms with E-state index in [1.54, 1.807) is 0 Å². The second-order valence-corrected chi connectivity index (χ2v) is 14.7. The fraction of sp³-hybridized carbons (Fsp3) is 0.0612. The minimum Gasteiger partial charge on any atom is -0.294 e. The molecule has 0 atom stereocenters. The van der Waals surface area contributed by atoms with Crippen molar-refractivity contribution in [2.24, 2.45) is 0 Å². The number of hydrogen-bond donors (Lipinski definition) is 0. The highest BCUT2D eigenvalue weighted by Crippen LogP contribution is 2.52. The van der Waals surface area contributed by atoms with Gasteiger partial charge in [-0.05, 0) is 86.3 Å². The molecule has 5 nitrogen and oxygen atoms in total. The number of rotatable bonds is 4. The zero-order valence-electron chi connectivity index (χ0n) is 29.8. The van der Waals surface area contributed by atoms with Gasteiger partial charge in [0, 0.05) is 44.8 Å². The highest BCUT2D eigenvalue weighted by atomic mass is 15.0. The molecule has 0 amide bonds. The number of pyridine rings is 1. The Morgan fingerprint density at radius 1 is 0.463 bits per heavy atom. The topological polar surface area (TPSA) is 56.5 Å². The van der Waals surface area contributed by atoms with Crippen molar-refractivity contribution in [3.8, 4) is 51.0 Å². The first-order chi connectivity index (χ1) is 26.5. The molecule has 0 radical (unpaired) electrons. The highest BCUT2D eigenvalue weighted by molar-refractivity contribution is 6.08. The van der Waals surface area contributed by atoms with Gasteiger partial charge in [0.25, 0.3) is 0 Å². The van der Waals surface area contributed by atoms with E-state index < -0.39 is 0 Å². The highest BCUT2D eigenvalue weighted by Gasteiger charge is 2.38. The zero-order chi connectivity index (χ0) is 36.0. The maximum atomic E-state index is 5.27. The van der Waals surface area contributed by atoms with Crippen LogP contribution in [0.2, 0.25) is 0 Å². The largest absolute Gasteiger partial charge is 0.294 e. The van der Waals surface area contributed by atoms with Gasteiger partial charge in [0.05, 0.1) is 5.52 Å². The fourth-order valence-corrected chi connectivity index (χ4v) is 8.66. The lowest BCUT2D eigenvalue weighted by Gasteiger charge is -2.24. The summed E-state index contributed by atoms with van der Waals surface area (Å²) in [7, 11) is 0. The van der Waals surface area contributed by atoms with Crippen LogP contribution in [0, 0.1) is 0 Å². The van der Waals surface area contributed by atoms with Crippen LogP contribution in [0.4, 0.5) is 0 Å². The van der Waals surface area contributed by atoms with Crippen molar-refractivity contribution in [3.05, 3.63) is 175 Å². The third-order valence-corrected chi connectivity index (χ3v) is 11.2. The van der Waals surface area contributed by atoms with Crippen molar-refractivity contribution < 1.29 is 0 Å². The van der Waals surface area contributed by atoms with Gasteiger partial charge in [0.15, 0.2) is 17.5 Å². The normalized spacial score (nSPS) is 13.1. The van der Waals surface area contributed by atoms with Crippen LogP contribution in [0.3, 0.4) is 0 Å². The van der Waals surface area contributed by atoms with Gasteiger partial charge in [-0.3, -0.25) is 4.57 Å². The van der Waals surface area contributed by atoms with Crippen LogP contribution in [0.15, 0.2) is 164 Å². The van der Waals surface area contributed by atoms with Crippen LogP contribution >= 0.6 is 0 Å². The van der Waals surface area contributed by atoms with Crippen molar-refractivity contribution in [1.29, 1.82) is 0 Å². The minimum absolute atomic E-state index is 0.345. The molecule has 0 saturated heterocycles. The smallest absolute Gasteiger partial charge is 0.164 e. The van der Waals surface area contributed by atoms with Crippen LogP contribution in [-0.2, 0) is 5.41 Å². The first kappa shape index (κ1) is 30.6. The van der Waals surface area contributed by atoms with E-state index in [0.717, 1.165) is 49.7 Å². The summed E-state index contributed by atoms with van der Waals surface area (Å²) in [5.41, 5.74) is 10.7. The molecular weight excluding hydrogens is 659 g/mol. The number of hydrogen-bond acceptors (Lipinski definition) is 4. The first-order valence-electron chi connectivity index (χ1n) is 18.4. The quantitative estimate of drug-likeness (QED) is 0.184. The summed E-state index contributed by atoms with van der Waals surface area (Å²) in [5.74, 6) is 1.97. The van der Waals surface area contributed by atoms with Crippen molar-refractivity contribution in [2.75, 3.05) is 0 Å². The SMILES string of the molecule is CC1(C)c2cc(-n3c4ccccc4c4cccnc43)ccc2-c2cccc(-c3nc(-c4ccc5ccccc5c4)nc(-c4ccc5ccccc5c4)n3)c21. The van der Waals surface area contributed by atoms with E-state index in [9.17, 15) is 0 Å². The summed E-state index contributed by atoms with van der Waals surface area (Å²) in [5, 5.41) is 7.01. The Bertz CT molecular complexity index is 3000. The number of benzene rings is 7. The first-order valence-corrected chi connectivity index (χ1v) is 18.4. The van der Waals surface area contributed by atoms with Crippen molar-refractivity contribution in [1.82, 2.24) is 24.5 Å². The Morgan fingerprint density at radius 2 is 1.07 bits per heavy atom. The Labute approximate surface area is 312 Å². The van der Waals surface area contributed by atoms with Gasteiger partial charge in [0.2, 0.25) is 0 Å². The fourth-order valence-electron chi connectivity index (χ4n) is 8.66. The minimum atomic E-state index is -0.345. The summed E-state index contributed by atoms with van der Waals surface area (Å²) < 4.78 is 2.29. The second-order valence-electron chi connectivity index (χ2n) is 14.7. The Kier molecular flexibility index (Phi) is 6.53. The molecule has 5 heteroatoms. The van der Waals surface area contributed by atoms with Crippen molar-refractivity contribution in [2.45, 2.75) is 19.3 Å². The molecule has 3 heterocycles. The van der Waals surface area contributed by atoms with Gasteiger partial charge < -0.3 is 0 Å². The molecule has 3 aromatic heterocycles. The Morgan fingerprint density at radius 3 is 1.80 bits per heavy atom. The van der Waals surface area contributed by atoms with Gasteiger partial charge in [-0.1, -0.05) is 129 Å². The van der Waals surface area contributed by atoms with E-state index in [0.29, 0.717) is 17.5 Å². The van der Waals surface area contributed by atoms with Crippen LogP contribution in [0.25, 0.3) is 94.5 Å². The molecule has 0 spiro atoms. The number of aromatic nitrogens is 5. The summed E-state index contributed by atoms with van der Waals surface area (Å²) in [6.45, 7) is 4.65. The van der Waals surface area contributed by atoms with E-state index in [-0.39, 0.29) is 5.41 Å². The van der Waals surface area contributed by atoms with Crippen LogP contribution in [0.5, 0.6) is 0 Å². The molecule has 0 bridgehead atoms. The maximum absolute atomic E-state index is 5.27. The number of fused-ring (bicyclic) bond motifs is 8. The standard InChI is InChI=1S/C49H33N5/c1-49(2)42-29-36(54-43-19-8-7-15-38(43)40-18-10-26-50-48(40)54)24-25-37(42)39-16-9-17-41(44(39)49)47-52-45(34-22-20-30-11-3-5-13-32(30)27-34)51-46(53-47)35-23-21-31-12-4-6-14-33(31)28-35/h3-29H,1-2H3. The van der Waals surface area contributed by atoms with Crippen molar-refractivity contribution in [3.63, 3.8) is 0 Å². The molecule has 11 rings (SSSR count). The van der Waals surface area contributed by atoms with Gasteiger partial charge in [0.1, 0.15) is 5.65 Å². The van der Waals surface area contributed by atoms with Gasteiger partial charge in [-0.15, -0.1) is 0 Å². The Balaban J connectivity index is 1.10. The third kappa shape index (κ3) is 4.58. The molecule has 254 valence electrons. The van der Waals surface area contributed by atoms with Gasteiger partial charge >= 0.3 is 0 Å². The third-order valence-electron chi connectivity index (χ3n) is 11.2. The lowest BCUT2D eigenvalue weighted by atomic mass is 9.80. The molecule has 10 aromatic rings. The second kappa shape index (κ2) is 11.5. The van der Waals surface area contributed by atoms with Gasteiger partial charge in [-0.25, -0.2) is 19.9 Å². The molecule has 1 aliphatic carbocycles. The van der Waals surface area contributed by atoms with E-state index in [1.165, 1.54) is 38.4 Å². The molecule has 7 aromatic carbocycles. The summed E-state index contributed by atoms with van der Waals surface area (Å²) in [6.07, 6.45) is 1.88.